The Labute approximate surface area is 134 Å². The zero-order valence-corrected chi connectivity index (χ0v) is 14.1. The van der Waals surface area contributed by atoms with Gasteiger partial charge in [-0.3, -0.25) is 4.79 Å². The molecule has 114 valence electrons. The van der Waals surface area contributed by atoms with Crippen LogP contribution in [0.1, 0.15) is 37.2 Å². The van der Waals surface area contributed by atoms with Crippen molar-refractivity contribution >= 4 is 40.8 Å². The zero-order chi connectivity index (χ0) is 15.2. The van der Waals surface area contributed by atoms with Crippen molar-refractivity contribution < 1.29 is 9.32 Å². The van der Waals surface area contributed by atoms with Gasteiger partial charge in [-0.2, -0.15) is 4.98 Å². The van der Waals surface area contributed by atoms with Crippen molar-refractivity contribution in [2.24, 2.45) is 5.73 Å². The van der Waals surface area contributed by atoms with Gasteiger partial charge in [-0.15, -0.1) is 10.2 Å². The predicted octanol–water partition coefficient (Wildman–Crippen LogP) is 2.30. The lowest BCUT2D eigenvalue weighted by atomic mass is 10.3. The lowest BCUT2D eigenvalue weighted by Crippen LogP contribution is -2.12. The maximum absolute atomic E-state index is 10.7. The predicted molar refractivity (Wildman–Crippen MR) is 82.4 cm³/mol. The van der Waals surface area contributed by atoms with Gasteiger partial charge < -0.3 is 10.3 Å². The first-order valence-electron chi connectivity index (χ1n) is 6.32. The summed E-state index contributed by atoms with van der Waals surface area (Å²) in [5.41, 5.74) is 5.09. The standard InChI is InChI=1S/C11H15N5O2S3/c1-3-4-8-13-9(18-16-8)6(2)20-11-15-14-10(21-11)19-5-7(12)17/h6H,3-5H2,1-2H3,(H2,12,17). The van der Waals surface area contributed by atoms with Crippen LogP contribution < -0.4 is 5.73 Å². The third kappa shape index (κ3) is 4.97. The molecule has 21 heavy (non-hydrogen) atoms. The fraction of sp³-hybridized carbons (Fsp3) is 0.545. The first-order valence-corrected chi connectivity index (χ1v) is 9.00. The fourth-order valence-corrected chi connectivity index (χ4v) is 4.33. The average Bonchev–Trinajstić information content (AvgIpc) is 3.06. The van der Waals surface area contributed by atoms with Crippen molar-refractivity contribution in [3.8, 4) is 0 Å². The van der Waals surface area contributed by atoms with Crippen molar-refractivity contribution in [1.82, 2.24) is 20.3 Å². The molecule has 0 saturated heterocycles. The summed E-state index contributed by atoms with van der Waals surface area (Å²) in [7, 11) is 0. The molecule has 0 spiro atoms. The number of aromatic nitrogens is 4. The molecule has 1 unspecified atom stereocenters. The molecule has 7 nitrogen and oxygen atoms in total. The minimum absolute atomic E-state index is 0.00467. The summed E-state index contributed by atoms with van der Waals surface area (Å²) in [5.74, 6) is 1.16. The molecule has 0 radical (unpaired) electrons. The zero-order valence-electron chi connectivity index (χ0n) is 11.6. The van der Waals surface area contributed by atoms with Crippen LogP contribution in [0.5, 0.6) is 0 Å². The molecule has 0 saturated carbocycles. The molecular formula is C11H15N5O2S3. The molecule has 0 aliphatic heterocycles. The van der Waals surface area contributed by atoms with Gasteiger partial charge in [0.1, 0.15) is 0 Å². The van der Waals surface area contributed by atoms with Gasteiger partial charge in [0, 0.05) is 6.42 Å². The van der Waals surface area contributed by atoms with E-state index < -0.39 is 0 Å². The number of carbonyl (C=O) groups is 1. The smallest absolute Gasteiger partial charge is 0.239 e. The number of hydrogen-bond donors (Lipinski definition) is 1. The van der Waals surface area contributed by atoms with Crippen LogP contribution in [0.15, 0.2) is 13.2 Å². The Morgan fingerprint density at radius 3 is 2.90 bits per heavy atom. The average molecular weight is 345 g/mol. The maximum Gasteiger partial charge on any atom is 0.239 e. The summed E-state index contributed by atoms with van der Waals surface area (Å²) < 4.78 is 6.76. The van der Waals surface area contributed by atoms with Crippen LogP contribution in [0.3, 0.4) is 0 Å². The monoisotopic (exact) mass is 345 g/mol. The van der Waals surface area contributed by atoms with Gasteiger partial charge in [-0.1, -0.05) is 46.9 Å². The topological polar surface area (TPSA) is 108 Å². The summed E-state index contributed by atoms with van der Waals surface area (Å²) in [4.78, 5) is 15.1. The van der Waals surface area contributed by atoms with Gasteiger partial charge >= 0.3 is 0 Å². The quantitative estimate of drug-likeness (QED) is 0.726. The Bertz CT molecular complexity index is 600. The first kappa shape index (κ1) is 16.2. The SMILES string of the molecule is CCCc1noc(C(C)Sc2nnc(SCC(N)=O)s2)n1. The van der Waals surface area contributed by atoms with Crippen LogP contribution in [-0.4, -0.2) is 32.0 Å². The van der Waals surface area contributed by atoms with E-state index in [0.717, 1.165) is 27.3 Å². The molecule has 1 atom stereocenters. The summed E-state index contributed by atoms with van der Waals surface area (Å²) in [6.45, 7) is 4.05. The van der Waals surface area contributed by atoms with Gasteiger partial charge in [-0.25, -0.2) is 0 Å². The number of rotatable bonds is 8. The summed E-state index contributed by atoms with van der Waals surface area (Å²) in [5, 5.41) is 12.0. The third-order valence-electron chi connectivity index (χ3n) is 2.31. The van der Waals surface area contributed by atoms with E-state index in [4.69, 9.17) is 10.3 Å². The lowest BCUT2D eigenvalue weighted by Gasteiger charge is -2.01. The van der Waals surface area contributed by atoms with E-state index in [1.165, 1.54) is 34.9 Å². The van der Waals surface area contributed by atoms with E-state index in [1.54, 1.807) is 0 Å². The third-order valence-corrected chi connectivity index (χ3v) is 5.56. The molecule has 2 aromatic heterocycles. The van der Waals surface area contributed by atoms with E-state index in [0.29, 0.717) is 5.89 Å². The fourth-order valence-electron chi connectivity index (χ4n) is 1.40. The van der Waals surface area contributed by atoms with E-state index in [9.17, 15) is 4.79 Å². The molecular weight excluding hydrogens is 330 g/mol. The normalized spacial score (nSPS) is 12.5. The van der Waals surface area contributed by atoms with Crippen LogP contribution in [-0.2, 0) is 11.2 Å². The highest BCUT2D eigenvalue weighted by molar-refractivity contribution is 8.03. The molecule has 0 bridgehead atoms. The molecule has 2 heterocycles. The van der Waals surface area contributed by atoms with Crippen LogP contribution in [0, 0.1) is 0 Å². The van der Waals surface area contributed by atoms with E-state index in [1.807, 2.05) is 6.92 Å². The highest BCUT2D eigenvalue weighted by Gasteiger charge is 2.18. The van der Waals surface area contributed by atoms with Crippen LogP contribution in [0.2, 0.25) is 0 Å². The second-order valence-corrected chi connectivity index (χ2v) is 7.94. The van der Waals surface area contributed by atoms with E-state index in [2.05, 4.69) is 27.3 Å². The first-order chi connectivity index (χ1) is 10.1. The van der Waals surface area contributed by atoms with E-state index >= 15 is 0 Å². The molecule has 2 N–H and O–H groups in total. The number of amides is 1. The Morgan fingerprint density at radius 1 is 1.43 bits per heavy atom. The molecule has 1 amide bonds. The highest BCUT2D eigenvalue weighted by atomic mass is 32.2. The largest absolute Gasteiger partial charge is 0.369 e. The second-order valence-electron chi connectivity index (χ2n) is 4.15. The number of nitrogens with zero attached hydrogens (tertiary/aromatic N) is 4. The van der Waals surface area contributed by atoms with Crippen molar-refractivity contribution in [3.63, 3.8) is 0 Å². The van der Waals surface area contributed by atoms with Crippen molar-refractivity contribution in [3.05, 3.63) is 11.7 Å². The van der Waals surface area contributed by atoms with Crippen LogP contribution >= 0.6 is 34.9 Å². The minimum Gasteiger partial charge on any atom is -0.369 e. The number of nitrogens with two attached hydrogens (primary N) is 1. The number of thioether (sulfide) groups is 2. The molecule has 2 aromatic rings. The number of carbonyl (C=O) groups excluding carboxylic acids is 1. The Kier molecular flexibility index (Phi) is 6.00. The molecule has 10 heteroatoms. The van der Waals surface area contributed by atoms with E-state index in [-0.39, 0.29) is 16.9 Å². The van der Waals surface area contributed by atoms with Crippen LogP contribution in [0.25, 0.3) is 0 Å². The van der Waals surface area contributed by atoms with Crippen LogP contribution in [0.4, 0.5) is 0 Å². The van der Waals surface area contributed by atoms with Gasteiger partial charge in [-0.05, 0) is 13.3 Å². The Hall–Kier alpha value is -1.13. The number of hydrogen-bond acceptors (Lipinski definition) is 9. The van der Waals surface area contributed by atoms with Gasteiger partial charge in [0.2, 0.25) is 11.8 Å². The molecule has 0 aromatic carbocycles. The number of aryl methyl sites for hydroxylation is 1. The highest BCUT2D eigenvalue weighted by Crippen LogP contribution is 2.37. The summed E-state index contributed by atoms with van der Waals surface area (Å²) in [6, 6.07) is 0. The lowest BCUT2D eigenvalue weighted by molar-refractivity contribution is -0.115. The molecule has 2 rings (SSSR count). The molecule has 0 aliphatic rings. The molecule has 0 fully saturated rings. The van der Waals surface area contributed by atoms with Crippen molar-refractivity contribution in [2.45, 2.75) is 40.6 Å². The Morgan fingerprint density at radius 2 is 2.19 bits per heavy atom. The summed E-state index contributed by atoms with van der Waals surface area (Å²) >= 11 is 4.21. The Balaban J connectivity index is 1.92. The van der Waals surface area contributed by atoms with Gasteiger partial charge in [0.05, 0.1) is 11.0 Å². The minimum atomic E-state index is -0.368. The van der Waals surface area contributed by atoms with Gasteiger partial charge in [0.15, 0.2) is 14.5 Å². The number of primary amides is 1. The van der Waals surface area contributed by atoms with Crippen molar-refractivity contribution in [2.75, 3.05) is 5.75 Å². The molecule has 0 aliphatic carbocycles. The van der Waals surface area contributed by atoms with Crippen molar-refractivity contribution in [1.29, 1.82) is 0 Å². The van der Waals surface area contributed by atoms with Gasteiger partial charge in [0.25, 0.3) is 0 Å². The summed E-state index contributed by atoms with van der Waals surface area (Å²) in [6.07, 6.45) is 1.80. The second kappa shape index (κ2) is 7.76. The maximum atomic E-state index is 10.7.